The first-order valence-corrected chi connectivity index (χ1v) is 6.16. The Bertz CT molecular complexity index is 750. The number of nitrogens with zero attached hydrogens (tertiary/aromatic N) is 4. The van der Waals surface area contributed by atoms with Crippen LogP contribution in [0.1, 0.15) is 0 Å². The molecule has 0 aliphatic heterocycles. The zero-order valence-corrected chi connectivity index (χ0v) is 11.2. The predicted molar refractivity (Wildman–Crippen MR) is 79.2 cm³/mol. The molecule has 0 saturated heterocycles. The summed E-state index contributed by atoms with van der Waals surface area (Å²) in [6, 6.07) is 7.91. The number of nitrogens with two attached hydrogens (primary N) is 1. The van der Waals surface area contributed by atoms with E-state index in [0.717, 1.165) is 16.5 Å². The number of ether oxygens (including phenoxy) is 1. The lowest BCUT2D eigenvalue weighted by atomic mass is 10.1. The average Bonchev–Trinajstić information content (AvgIpc) is 2.55. The zero-order valence-electron chi connectivity index (χ0n) is 11.2. The molecule has 106 valence electrons. The Morgan fingerprint density at radius 2 is 1.95 bits per heavy atom. The van der Waals surface area contributed by atoms with Gasteiger partial charge in [-0.05, 0) is 12.1 Å². The second-order valence-electron chi connectivity index (χ2n) is 4.14. The first kappa shape index (κ1) is 13.0. The number of nitrogens with one attached hydrogen (secondary N) is 2. The highest BCUT2D eigenvalue weighted by Crippen LogP contribution is 2.25. The van der Waals surface area contributed by atoms with Crippen molar-refractivity contribution in [2.24, 2.45) is 5.84 Å². The fourth-order valence-electron chi connectivity index (χ4n) is 1.92. The number of hydrazine groups is 1. The van der Waals surface area contributed by atoms with E-state index in [1.165, 1.54) is 7.11 Å². The van der Waals surface area contributed by atoms with Gasteiger partial charge in [-0.15, -0.1) is 0 Å². The monoisotopic (exact) mass is 283 g/mol. The van der Waals surface area contributed by atoms with Gasteiger partial charge in [-0.2, -0.15) is 15.0 Å². The molecule has 0 radical (unpaired) electrons. The van der Waals surface area contributed by atoms with Gasteiger partial charge in [-0.25, -0.2) is 5.84 Å². The van der Waals surface area contributed by atoms with Gasteiger partial charge in [0.1, 0.15) is 0 Å². The number of aromatic nitrogens is 4. The Labute approximate surface area is 120 Å². The summed E-state index contributed by atoms with van der Waals surface area (Å²) in [6.45, 7) is 0. The van der Waals surface area contributed by atoms with Crippen molar-refractivity contribution in [3.63, 3.8) is 0 Å². The number of hydrogen-bond acceptors (Lipinski definition) is 8. The number of methoxy groups -OCH3 is 1. The molecule has 0 saturated carbocycles. The summed E-state index contributed by atoms with van der Waals surface area (Å²) in [5, 5.41) is 5.15. The van der Waals surface area contributed by atoms with Crippen molar-refractivity contribution in [3.8, 4) is 6.01 Å². The quantitative estimate of drug-likeness (QED) is 0.487. The largest absolute Gasteiger partial charge is 0.467 e. The summed E-state index contributed by atoms with van der Waals surface area (Å²) in [7, 11) is 1.48. The fraction of sp³-hybridized carbons (Fsp3) is 0.0769. The van der Waals surface area contributed by atoms with Crippen LogP contribution in [0.15, 0.2) is 36.7 Å². The molecule has 0 aliphatic carbocycles. The summed E-state index contributed by atoms with van der Waals surface area (Å²) in [4.78, 5) is 16.3. The van der Waals surface area contributed by atoms with Crippen LogP contribution >= 0.6 is 0 Å². The van der Waals surface area contributed by atoms with E-state index in [2.05, 4.69) is 30.7 Å². The van der Waals surface area contributed by atoms with Crippen molar-refractivity contribution in [1.82, 2.24) is 19.9 Å². The molecule has 0 unspecified atom stereocenters. The maximum Gasteiger partial charge on any atom is 0.322 e. The predicted octanol–water partition coefficient (Wildman–Crippen LogP) is 1.46. The van der Waals surface area contributed by atoms with Crippen molar-refractivity contribution >= 4 is 28.4 Å². The molecule has 8 nitrogen and oxygen atoms in total. The van der Waals surface area contributed by atoms with Crippen molar-refractivity contribution in [3.05, 3.63) is 36.7 Å². The standard InChI is InChI=1S/C13H13N7O/c1-21-13-18-11(17-12(19-13)20-14)16-10-4-2-3-8-7-15-6-5-9(8)10/h2-7H,14H2,1H3,(H2,16,17,18,19,20). The molecule has 3 rings (SSSR count). The second kappa shape index (κ2) is 5.55. The van der Waals surface area contributed by atoms with Crippen LogP contribution in [0.5, 0.6) is 6.01 Å². The van der Waals surface area contributed by atoms with Gasteiger partial charge in [-0.3, -0.25) is 10.4 Å². The highest BCUT2D eigenvalue weighted by atomic mass is 16.5. The number of benzene rings is 1. The van der Waals surface area contributed by atoms with Crippen LogP contribution in [0.25, 0.3) is 10.8 Å². The molecule has 3 aromatic rings. The van der Waals surface area contributed by atoms with Crippen molar-refractivity contribution in [2.75, 3.05) is 17.9 Å². The number of anilines is 3. The number of rotatable bonds is 4. The Morgan fingerprint density at radius 3 is 2.76 bits per heavy atom. The second-order valence-corrected chi connectivity index (χ2v) is 4.14. The number of fused-ring (bicyclic) bond motifs is 1. The molecule has 0 spiro atoms. The van der Waals surface area contributed by atoms with Gasteiger partial charge in [0.15, 0.2) is 0 Å². The van der Waals surface area contributed by atoms with E-state index in [1.807, 2.05) is 24.3 Å². The first-order valence-electron chi connectivity index (χ1n) is 6.16. The third-order valence-electron chi connectivity index (χ3n) is 2.85. The van der Waals surface area contributed by atoms with Gasteiger partial charge in [0.2, 0.25) is 11.9 Å². The minimum Gasteiger partial charge on any atom is -0.467 e. The summed E-state index contributed by atoms with van der Waals surface area (Å²) in [5.41, 5.74) is 3.23. The molecule has 8 heteroatoms. The fourth-order valence-corrected chi connectivity index (χ4v) is 1.92. The molecule has 4 N–H and O–H groups in total. The van der Waals surface area contributed by atoms with E-state index in [1.54, 1.807) is 12.4 Å². The number of pyridine rings is 1. The van der Waals surface area contributed by atoms with Gasteiger partial charge >= 0.3 is 6.01 Å². The Morgan fingerprint density at radius 1 is 1.10 bits per heavy atom. The summed E-state index contributed by atoms with van der Waals surface area (Å²) in [6.07, 6.45) is 3.52. The maximum absolute atomic E-state index is 5.33. The molecule has 0 atom stereocenters. The average molecular weight is 283 g/mol. The Balaban J connectivity index is 2.02. The molecule has 0 fully saturated rings. The molecule has 21 heavy (non-hydrogen) atoms. The van der Waals surface area contributed by atoms with Crippen molar-refractivity contribution in [1.29, 1.82) is 0 Å². The minimum absolute atomic E-state index is 0.169. The minimum atomic E-state index is 0.169. The van der Waals surface area contributed by atoms with Crippen LogP contribution < -0.4 is 21.3 Å². The number of hydrogen-bond donors (Lipinski definition) is 3. The highest BCUT2D eigenvalue weighted by molar-refractivity contribution is 5.94. The van der Waals surface area contributed by atoms with Crippen LogP contribution in [0.4, 0.5) is 17.6 Å². The topological polar surface area (TPSA) is 111 Å². The molecule has 2 aromatic heterocycles. The summed E-state index contributed by atoms with van der Waals surface area (Å²) >= 11 is 0. The molecule has 0 amide bonds. The maximum atomic E-state index is 5.33. The molecule has 2 heterocycles. The molecule has 0 aliphatic rings. The van der Waals surface area contributed by atoms with E-state index in [4.69, 9.17) is 10.6 Å². The molecule has 0 bridgehead atoms. The Hall–Kier alpha value is -3.00. The lowest BCUT2D eigenvalue weighted by Gasteiger charge is -2.09. The van der Waals surface area contributed by atoms with Crippen LogP contribution in [0, 0.1) is 0 Å². The SMILES string of the molecule is COc1nc(NN)nc(Nc2cccc3cnccc23)n1. The van der Waals surface area contributed by atoms with E-state index in [9.17, 15) is 0 Å². The van der Waals surface area contributed by atoms with E-state index in [0.29, 0.717) is 5.95 Å². The molecule has 1 aromatic carbocycles. The third-order valence-corrected chi connectivity index (χ3v) is 2.85. The van der Waals surface area contributed by atoms with Crippen LogP contribution in [0.2, 0.25) is 0 Å². The Kier molecular flexibility index (Phi) is 3.44. The van der Waals surface area contributed by atoms with Crippen LogP contribution in [-0.4, -0.2) is 27.0 Å². The summed E-state index contributed by atoms with van der Waals surface area (Å²) in [5.74, 6) is 5.88. The van der Waals surface area contributed by atoms with Crippen LogP contribution in [0.3, 0.4) is 0 Å². The van der Waals surface area contributed by atoms with E-state index >= 15 is 0 Å². The number of nitrogen functional groups attached to an aromatic ring is 1. The summed E-state index contributed by atoms with van der Waals surface area (Å²) < 4.78 is 5.01. The smallest absolute Gasteiger partial charge is 0.322 e. The van der Waals surface area contributed by atoms with E-state index in [-0.39, 0.29) is 12.0 Å². The first-order chi connectivity index (χ1) is 10.3. The molecular formula is C13H13N7O. The van der Waals surface area contributed by atoms with Gasteiger partial charge in [-0.1, -0.05) is 12.1 Å². The lowest BCUT2D eigenvalue weighted by Crippen LogP contribution is -2.13. The lowest BCUT2D eigenvalue weighted by molar-refractivity contribution is 0.379. The van der Waals surface area contributed by atoms with Crippen LogP contribution in [-0.2, 0) is 0 Å². The normalized spacial score (nSPS) is 10.4. The van der Waals surface area contributed by atoms with Gasteiger partial charge in [0.05, 0.1) is 7.11 Å². The van der Waals surface area contributed by atoms with E-state index < -0.39 is 0 Å². The van der Waals surface area contributed by atoms with Gasteiger partial charge in [0, 0.05) is 28.9 Å². The zero-order chi connectivity index (χ0) is 14.7. The van der Waals surface area contributed by atoms with Gasteiger partial charge < -0.3 is 10.1 Å². The third kappa shape index (κ3) is 2.65. The molecular weight excluding hydrogens is 270 g/mol. The van der Waals surface area contributed by atoms with Crippen molar-refractivity contribution in [2.45, 2.75) is 0 Å². The van der Waals surface area contributed by atoms with Crippen molar-refractivity contribution < 1.29 is 4.74 Å². The highest BCUT2D eigenvalue weighted by Gasteiger charge is 2.08. The van der Waals surface area contributed by atoms with Gasteiger partial charge in [0.25, 0.3) is 0 Å².